The van der Waals surface area contributed by atoms with Gasteiger partial charge in [-0.1, -0.05) is 71.1 Å². The van der Waals surface area contributed by atoms with Gasteiger partial charge in [0.15, 0.2) is 5.78 Å². The number of aliphatic hydroxyl groups excluding tert-OH is 3. The van der Waals surface area contributed by atoms with Gasteiger partial charge in [-0.3, -0.25) is 19.2 Å². The number of aliphatic hydroxyl groups is 4. The van der Waals surface area contributed by atoms with E-state index in [-0.39, 0.29) is 80.5 Å². The average Bonchev–Trinajstić information content (AvgIpc) is 3.30. The minimum absolute atomic E-state index is 0.00840. The molecule has 0 aromatic heterocycles. The van der Waals surface area contributed by atoms with Crippen molar-refractivity contribution in [1.82, 2.24) is 4.90 Å². The lowest BCUT2D eigenvalue weighted by Crippen LogP contribution is -2.61. The number of nitrogens with zero attached hydrogens (tertiary/aromatic N) is 1. The Morgan fingerprint density at radius 3 is 2.28 bits per heavy atom. The van der Waals surface area contributed by atoms with Crippen molar-refractivity contribution < 1.29 is 68.1 Å². The highest BCUT2D eigenvalue weighted by Gasteiger charge is 2.53. The number of ketones is 3. The van der Waals surface area contributed by atoms with Crippen LogP contribution in [0.1, 0.15) is 126 Å². The van der Waals surface area contributed by atoms with Crippen LogP contribution in [-0.2, 0) is 47.7 Å². The number of cyclic esters (lactones) is 1. The van der Waals surface area contributed by atoms with Crippen LogP contribution in [0, 0.1) is 35.5 Å². The summed E-state index contributed by atoms with van der Waals surface area (Å²) in [7, 11) is 2.99. The Bertz CT molecular complexity index is 1790. The fourth-order valence-corrected chi connectivity index (χ4v) is 10.2. The summed E-state index contributed by atoms with van der Waals surface area (Å²) in [6.45, 7) is 12.6. The van der Waals surface area contributed by atoms with Gasteiger partial charge < -0.3 is 49.0 Å². The fraction of sp³-hybridized carbons (Fsp3) is 0.750. The molecule has 2 bridgehead atoms. The number of hydrogen-bond acceptors (Lipinski definition) is 14. The molecular weight excluding hydrogens is 863 g/mol. The summed E-state index contributed by atoms with van der Waals surface area (Å²) < 4.78 is 29.5. The fourth-order valence-electron chi connectivity index (χ4n) is 10.2. The van der Waals surface area contributed by atoms with Gasteiger partial charge in [-0.15, -0.1) is 0 Å². The molecule has 1 aliphatic carbocycles. The van der Waals surface area contributed by atoms with Crippen LogP contribution in [0.2, 0.25) is 0 Å². The molecule has 4 aliphatic rings. The van der Waals surface area contributed by atoms with Crippen molar-refractivity contribution in [3.8, 4) is 0 Å². The van der Waals surface area contributed by atoms with Crippen molar-refractivity contribution >= 4 is 29.2 Å². The number of Topliss-reactive ketones (excluding diaryl/α,β-unsaturated/α-hetero) is 3. The van der Waals surface area contributed by atoms with E-state index < -0.39 is 77.8 Å². The number of methoxy groups -OCH3 is 2. The zero-order chi connectivity index (χ0) is 49.6. The number of carbonyl (C=O) groups is 5. The number of allylic oxidation sites excluding steroid dienone is 6. The summed E-state index contributed by atoms with van der Waals surface area (Å²) in [4.78, 5) is 71.8. The van der Waals surface area contributed by atoms with Gasteiger partial charge in [0, 0.05) is 51.4 Å². The summed E-state index contributed by atoms with van der Waals surface area (Å²) in [5, 5.41) is 43.8. The second-order valence-corrected chi connectivity index (χ2v) is 19.9. The molecule has 2 saturated heterocycles. The van der Waals surface area contributed by atoms with E-state index in [2.05, 4.69) is 0 Å². The van der Waals surface area contributed by atoms with Crippen LogP contribution in [0.25, 0.3) is 0 Å². The number of piperidine rings is 1. The van der Waals surface area contributed by atoms with E-state index in [1.165, 1.54) is 7.11 Å². The van der Waals surface area contributed by atoms with Crippen LogP contribution < -0.4 is 0 Å². The molecule has 378 valence electrons. The first kappa shape index (κ1) is 56.2. The topological polar surface area (TPSA) is 216 Å². The first-order chi connectivity index (χ1) is 31.7. The second-order valence-electron chi connectivity index (χ2n) is 19.9. The summed E-state index contributed by atoms with van der Waals surface area (Å²) in [5.41, 5.74) is 0.998. The molecule has 3 fully saturated rings. The van der Waals surface area contributed by atoms with Crippen molar-refractivity contribution in [3.05, 3.63) is 47.6 Å². The highest BCUT2D eigenvalue weighted by molar-refractivity contribution is 6.39. The van der Waals surface area contributed by atoms with E-state index in [0.717, 1.165) is 11.3 Å². The third kappa shape index (κ3) is 15.3. The lowest BCUT2D eigenvalue weighted by Gasteiger charge is -2.42. The summed E-state index contributed by atoms with van der Waals surface area (Å²) >= 11 is 0. The first-order valence-electron chi connectivity index (χ1n) is 24.6. The Labute approximate surface area is 398 Å². The molecule has 1 saturated carbocycles. The number of fused-ring (bicyclic) bond motifs is 3. The van der Waals surface area contributed by atoms with Gasteiger partial charge in [0.1, 0.15) is 30.1 Å². The Morgan fingerprint density at radius 2 is 1.60 bits per heavy atom. The maximum absolute atomic E-state index is 14.4. The third-order valence-electron chi connectivity index (χ3n) is 14.6. The van der Waals surface area contributed by atoms with E-state index in [1.54, 1.807) is 60.0 Å². The zero-order valence-corrected chi connectivity index (χ0v) is 41.5. The van der Waals surface area contributed by atoms with E-state index in [1.807, 2.05) is 32.1 Å². The second kappa shape index (κ2) is 26.5. The summed E-state index contributed by atoms with van der Waals surface area (Å²) in [6.07, 6.45) is 10.3. The largest absolute Gasteiger partial charge is 0.460 e. The average molecular weight is 944 g/mol. The highest BCUT2D eigenvalue weighted by atomic mass is 16.6. The lowest BCUT2D eigenvalue weighted by atomic mass is 9.78. The van der Waals surface area contributed by atoms with Crippen molar-refractivity contribution in [2.45, 2.75) is 180 Å². The maximum Gasteiger partial charge on any atom is 0.329 e. The van der Waals surface area contributed by atoms with Crippen LogP contribution in [0.4, 0.5) is 0 Å². The van der Waals surface area contributed by atoms with E-state index in [0.29, 0.717) is 62.5 Å². The van der Waals surface area contributed by atoms with E-state index in [9.17, 15) is 44.4 Å². The third-order valence-corrected chi connectivity index (χ3v) is 14.6. The molecule has 3 aliphatic heterocycles. The molecule has 0 aromatic rings. The summed E-state index contributed by atoms with van der Waals surface area (Å²) in [5.74, 6) is -8.25. The molecular formula is C52H81NO14. The van der Waals surface area contributed by atoms with Gasteiger partial charge in [-0.25, -0.2) is 4.79 Å². The van der Waals surface area contributed by atoms with Gasteiger partial charge in [0.05, 0.1) is 37.6 Å². The van der Waals surface area contributed by atoms with Crippen molar-refractivity contribution in [1.29, 1.82) is 0 Å². The summed E-state index contributed by atoms with van der Waals surface area (Å²) in [6, 6.07) is -1.16. The predicted octanol–water partition coefficient (Wildman–Crippen LogP) is 5.54. The Balaban J connectivity index is 1.68. The standard InChI is InChI=1S/C52H81NO14/c1-31-15-11-10-12-16-32(2)41(55)29-39-20-18-37(7)52(62,67-39)49(59)50(60)53-22-14-13-17-40(53)51(61)66-44(34(4)27-38-19-21-43(65-24-23-54)45(28-38)63-8)30-42(56)33(3)26-36(6)47(58)48(64-9)46(57)35(5)25-31/h10-12,15-16,26,31,33-35,37-41,43-45,47-48,54-55,58,62H,13-14,17-25,27-30H2,1-9H3/b12-10+,15-11+,32-16+,36-26+/t31-,33-,34-,35-,37-,38+,39+,40+,41+,43?,44+,45-,47-,48?,52-/m1/s1. The van der Waals surface area contributed by atoms with Crippen LogP contribution in [-0.4, -0.2) is 143 Å². The van der Waals surface area contributed by atoms with Crippen molar-refractivity contribution in [3.63, 3.8) is 0 Å². The minimum atomic E-state index is -2.49. The number of esters is 1. The molecule has 15 heteroatoms. The van der Waals surface area contributed by atoms with Crippen LogP contribution in [0.15, 0.2) is 47.6 Å². The van der Waals surface area contributed by atoms with Gasteiger partial charge in [0.25, 0.3) is 11.7 Å². The molecule has 0 radical (unpaired) electrons. The number of amides is 1. The van der Waals surface area contributed by atoms with Gasteiger partial charge in [-0.2, -0.15) is 0 Å². The van der Waals surface area contributed by atoms with Crippen LogP contribution in [0.3, 0.4) is 0 Å². The normalized spacial score (nSPS) is 39.6. The molecule has 0 spiro atoms. The quantitative estimate of drug-likeness (QED) is 0.134. The SMILES string of the molecule is COC1C(=O)[C@H](C)C[C@H](C)/C=C/C=C/C=C(\C)[C@@H](O)C[C@@H]2CC[C@@H](C)[C@@](O)(O2)C(=O)C(=O)N2CCCC[C@H]2C(=O)O[C@H]([C@H](C)C[C@@H]2CCC(OCCO)[C@H](OC)C2)CC(=O)[C@H](C)/C=C(\C)[C@H]1O. The minimum Gasteiger partial charge on any atom is -0.460 e. The highest BCUT2D eigenvalue weighted by Crippen LogP contribution is 2.38. The molecule has 67 heavy (non-hydrogen) atoms. The molecule has 1 amide bonds. The monoisotopic (exact) mass is 944 g/mol. The van der Waals surface area contributed by atoms with Gasteiger partial charge in [-0.05, 0) is 107 Å². The van der Waals surface area contributed by atoms with Crippen LogP contribution in [0.5, 0.6) is 0 Å². The van der Waals surface area contributed by atoms with Crippen LogP contribution >= 0.6 is 0 Å². The smallest absolute Gasteiger partial charge is 0.329 e. The number of hydrogen-bond donors (Lipinski definition) is 4. The molecule has 15 atom stereocenters. The number of rotatable bonds is 8. The molecule has 15 nitrogen and oxygen atoms in total. The Hall–Kier alpha value is -3.41. The van der Waals surface area contributed by atoms with E-state index in [4.69, 9.17) is 23.7 Å². The van der Waals surface area contributed by atoms with Gasteiger partial charge in [0.2, 0.25) is 5.79 Å². The van der Waals surface area contributed by atoms with Crippen molar-refractivity contribution in [2.75, 3.05) is 34.0 Å². The molecule has 4 rings (SSSR count). The molecule has 4 N–H and O–H groups in total. The van der Waals surface area contributed by atoms with Gasteiger partial charge >= 0.3 is 5.97 Å². The van der Waals surface area contributed by atoms with Crippen molar-refractivity contribution in [2.24, 2.45) is 35.5 Å². The predicted molar refractivity (Wildman–Crippen MR) is 251 cm³/mol. The zero-order valence-electron chi connectivity index (χ0n) is 41.5. The number of carbonyl (C=O) groups excluding carboxylic acids is 5. The van der Waals surface area contributed by atoms with E-state index >= 15 is 0 Å². The molecule has 2 unspecified atom stereocenters. The molecule has 0 aromatic carbocycles. The maximum atomic E-state index is 14.4. The lowest BCUT2D eigenvalue weighted by molar-refractivity contribution is -0.265. The number of ether oxygens (including phenoxy) is 5. The Kier molecular flexibility index (Phi) is 22.3. The molecule has 3 heterocycles. The first-order valence-corrected chi connectivity index (χ1v) is 24.6. The Morgan fingerprint density at radius 1 is 0.866 bits per heavy atom.